The summed E-state index contributed by atoms with van der Waals surface area (Å²) in [5, 5.41) is 2.81. The highest BCUT2D eigenvalue weighted by molar-refractivity contribution is 9.10. The van der Waals surface area contributed by atoms with Crippen molar-refractivity contribution in [1.82, 2.24) is 10.0 Å². The van der Waals surface area contributed by atoms with Gasteiger partial charge in [-0.05, 0) is 59.0 Å². The van der Waals surface area contributed by atoms with Crippen LogP contribution in [0.25, 0.3) is 0 Å². The Labute approximate surface area is 173 Å². The zero-order valence-electron chi connectivity index (χ0n) is 15.4. The Bertz CT molecular complexity index is 915. The Morgan fingerprint density at radius 3 is 2.61 bits per heavy atom. The van der Waals surface area contributed by atoms with E-state index in [2.05, 4.69) is 26.0 Å². The summed E-state index contributed by atoms with van der Waals surface area (Å²) >= 11 is 3.32. The molecule has 0 aliphatic heterocycles. The molecule has 2 N–H and O–H groups in total. The van der Waals surface area contributed by atoms with Crippen molar-refractivity contribution in [2.45, 2.75) is 36.8 Å². The van der Waals surface area contributed by atoms with Crippen LogP contribution in [-0.4, -0.2) is 33.5 Å². The van der Waals surface area contributed by atoms with Gasteiger partial charge in [0, 0.05) is 23.7 Å². The van der Waals surface area contributed by atoms with E-state index in [9.17, 15) is 13.2 Å². The molecule has 6 nitrogen and oxygen atoms in total. The van der Waals surface area contributed by atoms with Gasteiger partial charge in [0.05, 0.1) is 17.1 Å². The molecule has 2 aromatic rings. The topological polar surface area (TPSA) is 84.5 Å². The molecule has 28 heavy (non-hydrogen) atoms. The van der Waals surface area contributed by atoms with Gasteiger partial charge >= 0.3 is 0 Å². The first-order valence-electron chi connectivity index (χ1n) is 9.17. The predicted molar refractivity (Wildman–Crippen MR) is 111 cm³/mol. The number of sulfonamides is 1. The van der Waals surface area contributed by atoms with Crippen LogP contribution in [0, 0.1) is 0 Å². The van der Waals surface area contributed by atoms with Crippen LogP contribution in [0.2, 0.25) is 0 Å². The number of carbonyl (C=O) groups is 1. The summed E-state index contributed by atoms with van der Waals surface area (Å²) in [6.45, 7) is 1.50. The number of halogens is 1. The average molecular weight is 467 g/mol. The van der Waals surface area contributed by atoms with Gasteiger partial charge in [0.1, 0.15) is 0 Å². The van der Waals surface area contributed by atoms with Gasteiger partial charge in [0.25, 0.3) is 5.91 Å². The van der Waals surface area contributed by atoms with E-state index >= 15 is 0 Å². The SMILES string of the molecule is O=C(NCCCOCc1ccccc1)c1cc(S(=O)(=O)NC2CC2)ccc1Br. The zero-order valence-corrected chi connectivity index (χ0v) is 17.8. The van der Waals surface area contributed by atoms with Gasteiger partial charge in [0.2, 0.25) is 10.0 Å². The molecule has 0 heterocycles. The number of carbonyl (C=O) groups excluding carboxylic acids is 1. The number of ether oxygens (including phenoxy) is 1. The molecule has 0 saturated heterocycles. The fraction of sp³-hybridized carbons (Fsp3) is 0.350. The van der Waals surface area contributed by atoms with Gasteiger partial charge in [-0.2, -0.15) is 0 Å². The lowest BCUT2D eigenvalue weighted by Crippen LogP contribution is -2.28. The van der Waals surface area contributed by atoms with Crippen LogP contribution < -0.4 is 10.0 Å². The lowest BCUT2D eigenvalue weighted by atomic mass is 10.2. The standard InChI is InChI=1S/C20H23BrN2O4S/c21-19-10-9-17(28(25,26)23-16-7-8-16)13-18(19)20(24)22-11-4-12-27-14-15-5-2-1-3-6-15/h1-3,5-6,9-10,13,16,23H,4,7-8,11-12,14H2,(H,22,24). The minimum absolute atomic E-state index is 0.0156. The van der Waals surface area contributed by atoms with Crippen molar-refractivity contribution in [2.24, 2.45) is 0 Å². The number of hydrogen-bond donors (Lipinski definition) is 2. The minimum atomic E-state index is -3.60. The van der Waals surface area contributed by atoms with Crippen LogP contribution in [0.15, 0.2) is 57.9 Å². The van der Waals surface area contributed by atoms with E-state index < -0.39 is 10.0 Å². The predicted octanol–water partition coefficient (Wildman–Crippen LogP) is 3.23. The third-order valence-corrected chi connectivity index (χ3v) is 6.46. The lowest BCUT2D eigenvalue weighted by molar-refractivity contribution is 0.0933. The number of benzene rings is 2. The zero-order chi connectivity index (χ0) is 20.0. The maximum atomic E-state index is 12.4. The van der Waals surface area contributed by atoms with Crippen LogP contribution in [0.3, 0.4) is 0 Å². The number of rotatable bonds is 10. The Hall–Kier alpha value is -1.74. The summed E-state index contributed by atoms with van der Waals surface area (Å²) in [4.78, 5) is 12.5. The second-order valence-corrected chi connectivity index (χ2v) is 9.25. The molecule has 150 valence electrons. The highest BCUT2D eigenvalue weighted by Gasteiger charge is 2.28. The van der Waals surface area contributed by atoms with E-state index in [4.69, 9.17) is 4.74 Å². The molecule has 0 aromatic heterocycles. The Morgan fingerprint density at radius 2 is 1.89 bits per heavy atom. The first-order valence-corrected chi connectivity index (χ1v) is 11.4. The summed E-state index contributed by atoms with van der Waals surface area (Å²) < 4.78 is 33.4. The quantitative estimate of drug-likeness (QED) is 0.526. The molecular formula is C20H23BrN2O4S. The molecule has 0 atom stereocenters. The fourth-order valence-electron chi connectivity index (χ4n) is 2.57. The highest BCUT2D eigenvalue weighted by atomic mass is 79.9. The van der Waals surface area contributed by atoms with E-state index in [1.807, 2.05) is 30.3 Å². The summed E-state index contributed by atoms with van der Waals surface area (Å²) in [6.07, 6.45) is 2.38. The number of nitrogens with one attached hydrogen (secondary N) is 2. The Balaban J connectivity index is 1.47. The summed E-state index contributed by atoms with van der Waals surface area (Å²) in [5.74, 6) is -0.321. The van der Waals surface area contributed by atoms with E-state index in [0.717, 1.165) is 18.4 Å². The van der Waals surface area contributed by atoms with Crippen LogP contribution in [-0.2, 0) is 21.4 Å². The van der Waals surface area contributed by atoms with E-state index in [1.54, 1.807) is 6.07 Å². The first-order chi connectivity index (χ1) is 13.5. The van der Waals surface area contributed by atoms with Gasteiger partial charge in [-0.15, -0.1) is 0 Å². The van der Waals surface area contributed by atoms with E-state index in [1.165, 1.54) is 12.1 Å². The Morgan fingerprint density at radius 1 is 1.14 bits per heavy atom. The molecule has 3 rings (SSSR count). The maximum absolute atomic E-state index is 12.4. The van der Waals surface area contributed by atoms with Crippen LogP contribution in [0.5, 0.6) is 0 Å². The maximum Gasteiger partial charge on any atom is 0.252 e. The second-order valence-electron chi connectivity index (χ2n) is 6.68. The van der Waals surface area contributed by atoms with Crippen LogP contribution in [0.1, 0.15) is 35.2 Å². The van der Waals surface area contributed by atoms with E-state index in [-0.39, 0.29) is 16.8 Å². The molecule has 1 saturated carbocycles. The molecule has 1 aliphatic rings. The van der Waals surface area contributed by atoms with Crippen molar-refractivity contribution >= 4 is 31.9 Å². The van der Waals surface area contributed by atoms with E-state index in [0.29, 0.717) is 36.2 Å². The van der Waals surface area contributed by atoms with Crippen molar-refractivity contribution in [2.75, 3.05) is 13.2 Å². The first kappa shape index (κ1) is 21.0. The molecule has 0 spiro atoms. The normalized spacial score (nSPS) is 14.0. The molecule has 1 aliphatic carbocycles. The van der Waals surface area contributed by atoms with Crippen molar-refractivity contribution in [1.29, 1.82) is 0 Å². The van der Waals surface area contributed by atoms with Gasteiger partial charge in [-0.1, -0.05) is 30.3 Å². The monoisotopic (exact) mass is 466 g/mol. The van der Waals surface area contributed by atoms with Gasteiger partial charge in [0.15, 0.2) is 0 Å². The number of amides is 1. The lowest BCUT2D eigenvalue weighted by Gasteiger charge is -2.10. The van der Waals surface area contributed by atoms with Gasteiger partial charge < -0.3 is 10.1 Å². The molecule has 2 aromatic carbocycles. The molecule has 0 radical (unpaired) electrons. The average Bonchev–Trinajstić information content (AvgIpc) is 3.48. The molecule has 1 fully saturated rings. The van der Waals surface area contributed by atoms with Crippen molar-refractivity contribution in [3.8, 4) is 0 Å². The third kappa shape index (κ3) is 6.13. The van der Waals surface area contributed by atoms with Gasteiger partial charge in [-0.3, -0.25) is 4.79 Å². The van der Waals surface area contributed by atoms with Gasteiger partial charge in [-0.25, -0.2) is 13.1 Å². The van der Waals surface area contributed by atoms with Crippen LogP contribution >= 0.6 is 15.9 Å². The summed E-state index contributed by atoms with van der Waals surface area (Å²) in [7, 11) is -3.60. The third-order valence-electron chi connectivity index (χ3n) is 4.25. The van der Waals surface area contributed by atoms with Crippen molar-refractivity contribution in [3.63, 3.8) is 0 Å². The number of hydrogen-bond acceptors (Lipinski definition) is 4. The fourth-order valence-corrected chi connectivity index (χ4v) is 4.33. The Kier molecular flexibility index (Phi) is 7.23. The molecule has 1 amide bonds. The molecule has 0 bridgehead atoms. The smallest absolute Gasteiger partial charge is 0.252 e. The summed E-state index contributed by atoms with van der Waals surface area (Å²) in [6, 6.07) is 14.4. The minimum Gasteiger partial charge on any atom is -0.377 e. The molecule has 8 heteroatoms. The van der Waals surface area contributed by atoms with Crippen LogP contribution in [0.4, 0.5) is 0 Å². The molecular weight excluding hydrogens is 444 g/mol. The largest absolute Gasteiger partial charge is 0.377 e. The summed E-state index contributed by atoms with van der Waals surface area (Å²) in [5.41, 5.74) is 1.40. The molecule has 0 unspecified atom stereocenters. The van der Waals surface area contributed by atoms with Crippen molar-refractivity contribution < 1.29 is 17.9 Å². The second kappa shape index (κ2) is 9.65. The highest BCUT2D eigenvalue weighted by Crippen LogP contribution is 2.25. The van der Waals surface area contributed by atoms with Crippen molar-refractivity contribution in [3.05, 3.63) is 64.1 Å².